The van der Waals surface area contributed by atoms with Crippen LogP contribution >= 0.6 is 0 Å². The molecule has 1 aromatic rings. The molecule has 1 aromatic heterocycles. The first-order valence-electron chi connectivity index (χ1n) is 3.99. The highest BCUT2D eigenvalue weighted by Crippen LogP contribution is 1.85. The van der Waals surface area contributed by atoms with Crippen molar-refractivity contribution in [3.63, 3.8) is 0 Å². The number of nitrogens with zero attached hydrogens (tertiary/aromatic N) is 2. The first-order valence-corrected chi connectivity index (χ1v) is 3.99. The standard InChI is InChI=1S/C9H14N2O/c1-10(2)7-8-11-5-3-9(12)4-6-11/h3-6H,7-8H2,1-2H3. The van der Waals surface area contributed by atoms with Gasteiger partial charge in [0, 0.05) is 37.6 Å². The Balaban J connectivity index is 2.53. The molecule has 0 aromatic carbocycles. The fourth-order valence-corrected chi connectivity index (χ4v) is 0.908. The molecule has 66 valence electrons. The molecule has 0 N–H and O–H groups in total. The molecule has 1 heterocycles. The number of aromatic nitrogens is 1. The van der Waals surface area contributed by atoms with Gasteiger partial charge in [-0.25, -0.2) is 0 Å². The second-order valence-corrected chi connectivity index (χ2v) is 3.07. The minimum atomic E-state index is 0.0658. The average Bonchev–Trinajstić information content (AvgIpc) is 2.03. The molecule has 0 bridgehead atoms. The quantitative estimate of drug-likeness (QED) is 0.650. The van der Waals surface area contributed by atoms with E-state index in [-0.39, 0.29) is 5.43 Å². The number of hydrogen-bond acceptors (Lipinski definition) is 2. The Kier molecular flexibility index (Phi) is 3.05. The summed E-state index contributed by atoms with van der Waals surface area (Å²) < 4.78 is 2.00. The van der Waals surface area contributed by atoms with Gasteiger partial charge in [0.1, 0.15) is 0 Å². The van der Waals surface area contributed by atoms with Crippen LogP contribution in [-0.2, 0) is 6.54 Å². The summed E-state index contributed by atoms with van der Waals surface area (Å²) >= 11 is 0. The SMILES string of the molecule is CN(C)CCn1ccc(=O)cc1. The molecule has 12 heavy (non-hydrogen) atoms. The van der Waals surface area contributed by atoms with Crippen molar-refractivity contribution in [2.24, 2.45) is 0 Å². The highest BCUT2D eigenvalue weighted by atomic mass is 16.1. The van der Waals surface area contributed by atoms with E-state index in [0.29, 0.717) is 0 Å². The van der Waals surface area contributed by atoms with Crippen LogP contribution in [0.25, 0.3) is 0 Å². The molecule has 0 radical (unpaired) electrons. The summed E-state index contributed by atoms with van der Waals surface area (Å²) in [7, 11) is 4.06. The predicted octanol–water partition coefficient (Wildman–Crippen LogP) is 0.410. The summed E-state index contributed by atoms with van der Waals surface area (Å²) in [6.07, 6.45) is 3.62. The maximum Gasteiger partial charge on any atom is 0.181 e. The van der Waals surface area contributed by atoms with Crippen LogP contribution in [0.4, 0.5) is 0 Å². The van der Waals surface area contributed by atoms with Crippen LogP contribution in [0, 0.1) is 0 Å². The first kappa shape index (κ1) is 9.00. The molecule has 1 rings (SSSR count). The number of hydrogen-bond donors (Lipinski definition) is 0. The molecule has 0 atom stereocenters. The lowest BCUT2D eigenvalue weighted by Gasteiger charge is -2.10. The second-order valence-electron chi connectivity index (χ2n) is 3.07. The van der Waals surface area contributed by atoms with Gasteiger partial charge in [-0.3, -0.25) is 4.79 Å². The molecule has 0 aliphatic heterocycles. The summed E-state index contributed by atoms with van der Waals surface area (Å²) in [5.41, 5.74) is 0.0658. The van der Waals surface area contributed by atoms with Gasteiger partial charge in [0.25, 0.3) is 0 Å². The van der Waals surface area contributed by atoms with Crippen LogP contribution in [0.1, 0.15) is 0 Å². The third kappa shape index (κ3) is 2.88. The molecule has 0 unspecified atom stereocenters. The van der Waals surface area contributed by atoms with Gasteiger partial charge >= 0.3 is 0 Å². The molecule has 0 aliphatic carbocycles. The van der Waals surface area contributed by atoms with Crippen LogP contribution in [0.2, 0.25) is 0 Å². The van der Waals surface area contributed by atoms with Gasteiger partial charge in [0.05, 0.1) is 0 Å². The lowest BCUT2D eigenvalue weighted by molar-refractivity contribution is 0.383. The Bertz CT molecular complexity index is 270. The average molecular weight is 166 g/mol. The maximum atomic E-state index is 10.7. The van der Waals surface area contributed by atoms with E-state index in [4.69, 9.17) is 0 Å². The Morgan fingerprint density at radius 1 is 1.33 bits per heavy atom. The highest BCUT2D eigenvalue weighted by molar-refractivity contribution is 4.93. The van der Waals surface area contributed by atoms with E-state index in [1.54, 1.807) is 12.1 Å². The van der Waals surface area contributed by atoms with Crippen molar-refractivity contribution in [2.75, 3.05) is 20.6 Å². The zero-order valence-electron chi connectivity index (χ0n) is 7.53. The van der Waals surface area contributed by atoms with E-state index < -0.39 is 0 Å². The van der Waals surface area contributed by atoms with E-state index >= 15 is 0 Å². The van der Waals surface area contributed by atoms with Crippen LogP contribution < -0.4 is 5.43 Å². The van der Waals surface area contributed by atoms with Crippen molar-refractivity contribution >= 4 is 0 Å². The summed E-state index contributed by atoms with van der Waals surface area (Å²) in [6.45, 7) is 1.91. The molecule has 0 aliphatic rings. The fraction of sp³-hybridized carbons (Fsp3) is 0.444. The van der Waals surface area contributed by atoms with Crippen LogP contribution in [0.5, 0.6) is 0 Å². The lowest BCUT2D eigenvalue weighted by Crippen LogP contribution is -2.18. The Labute approximate surface area is 72.2 Å². The lowest BCUT2D eigenvalue weighted by atomic mass is 10.4. The number of rotatable bonds is 3. The largest absolute Gasteiger partial charge is 0.353 e. The fourth-order valence-electron chi connectivity index (χ4n) is 0.908. The topological polar surface area (TPSA) is 25.2 Å². The molecule has 0 fully saturated rings. The van der Waals surface area contributed by atoms with E-state index in [0.717, 1.165) is 13.1 Å². The van der Waals surface area contributed by atoms with Crippen molar-refractivity contribution in [1.82, 2.24) is 9.47 Å². The van der Waals surface area contributed by atoms with E-state index in [9.17, 15) is 4.79 Å². The summed E-state index contributed by atoms with van der Waals surface area (Å²) in [5, 5.41) is 0. The first-order chi connectivity index (χ1) is 5.68. The summed E-state index contributed by atoms with van der Waals surface area (Å²) in [4.78, 5) is 12.8. The van der Waals surface area contributed by atoms with Gasteiger partial charge in [0.15, 0.2) is 5.43 Å². The predicted molar refractivity (Wildman–Crippen MR) is 49.3 cm³/mol. The number of pyridine rings is 1. The third-order valence-corrected chi connectivity index (χ3v) is 1.67. The Morgan fingerprint density at radius 3 is 2.42 bits per heavy atom. The van der Waals surface area contributed by atoms with Crippen molar-refractivity contribution < 1.29 is 0 Å². The smallest absolute Gasteiger partial charge is 0.181 e. The van der Waals surface area contributed by atoms with Gasteiger partial charge in [-0.05, 0) is 14.1 Å². The highest BCUT2D eigenvalue weighted by Gasteiger charge is 1.90. The third-order valence-electron chi connectivity index (χ3n) is 1.67. The van der Waals surface area contributed by atoms with E-state index in [2.05, 4.69) is 4.90 Å². The Morgan fingerprint density at radius 2 is 1.92 bits per heavy atom. The molecule has 0 spiro atoms. The van der Waals surface area contributed by atoms with Crippen molar-refractivity contribution in [1.29, 1.82) is 0 Å². The van der Waals surface area contributed by atoms with Crippen molar-refractivity contribution in [3.8, 4) is 0 Å². The molecule has 3 heteroatoms. The molecule has 0 saturated carbocycles. The van der Waals surface area contributed by atoms with Gasteiger partial charge < -0.3 is 9.47 Å². The van der Waals surface area contributed by atoms with Gasteiger partial charge in [-0.1, -0.05) is 0 Å². The van der Waals surface area contributed by atoms with Crippen LogP contribution in [-0.4, -0.2) is 30.1 Å². The van der Waals surface area contributed by atoms with Crippen LogP contribution in [0.3, 0.4) is 0 Å². The van der Waals surface area contributed by atoms with Crippen LogP contribution in [0.15, 0.2) is 29.3 Å². The van der Waals surface area contributed by atoms with Gasteiger partial charge in [-0.15, -0.1) is 0 Å². The van der Waals surface area contributed by atoms with Crippen molar-refractivity contribution in [3.05, 3.63) is 34.7 Å². The van der Waals surface area contributed by atoms with E-state index in [1.807, 2.05) is 31.1 Å². The minimum Gasteiger partial charge on any atom is -0.353 e. The summed E-state index contributed by atoms with van der Waals surface area (Å²) in [5.74, 6) is 0. The van der Waals surface area contributed by atoms with Gasteiger partial charge in [0.2, 0.25) is 0 Å². The zero-order chi connectivity index (χ0) is 8.97. The van der Waals surface area contributed by atoms with Crippen molar-refractivity contribution in [2.45, 2.75) is 6.54 Å². The molecular weight excluding hydrogens is 152 g/mol. The Hall–Kier alpha value is -1.09. The van der Waals surface area contributed by atoms with Gasteiger partial charge in [-0.2, -0.15) is 0 Å². The monoisotopic (exact) mass is 166 g/mol. The second kappa shape index (κ2) is 4.07. The molecule has 3 nitrogen and oxygen atoms in total. The summed E-state index contributed by atoms with van der Waals surface area (Å²) in [6, 6.07) is 3.16. The molecule has 0 saturated heterocycles. The zero-order valence-corrected chi connectivity index (χ0v) is 7.53. The minimum absolute atomic E-state index is 0.0658. The number of likely N-dealkylation sites (N-methyl/N-ethyl adjacent to an activating group) is 1. The van der Waals surface area contributed by atoms with E-state index in [1.165, 1.54) is 0 Å². The maximum absolute atomic E-state index is 10.7. The molecular formula is C9H14N2O. The normalized spacial score (nSPS) is 10.6. The molecule has 0 amide bonds.